The van der Waals surface area contributed by atoms with Crippen LogP contribution >= 0.6 is 0 Å². The van der Waals surface area contributed by atoms with Crippen molar-refractivity contribution >= 4 is 16.6 Å². The number of anilines is 1. The van der Waals surface area contributed by atoms with E-state index >= 15 is 0 Å². The van der Waals surface area contributed by atoms with Crippen molar-refractivity contribution in [2.45, 2.75) is 0 Å². The van der Waals surface area contributed by atoms with E-state index in [0.29, 0.717) is 5.69 Å². The third-order valence-corrected chi connectivity index (χ3v) is 2.69. The lowest BCUT2D eigenvalue weighted by molar-refractivity contribution is 0.483. The Bertz CT molecular complexity index is 680. The van der Waals surface area contributed by atoms with Crippen molar-refractivity contribution in [3.8, 4) is 11.5 Å². The summed E-state index contributed by atoms with van der Waals surface area (Å²) in [4.78, 5) is 4.25. The molecule has 2 N–H and O–H groups in total. The Labute approximate surface area is 105 Å². The minimum atomic E-state index is 0.624. The highest BCUT2D eigenvalue weighted by atomic mass is 16.5. The maximum absolute atomic E-state index is 5.97. The molecule has 0 spiro atoms. The van der Waals surface area contributed by atoms with E-state index in [4.69, 9.17) is 10.5 Å². The van der Waals surface area contributed by atoms with Crippen LogP contribution in [0.4, 0.5) is 5.69 Å². The van der Waals surface area contributed by atoms with Crippen LogP contribution in [0.5, 0.6) is 11.5 Å². The zero-order chi connectivity index (χ0) is 12.4. The molecule has 18 heavy (non-hydrogen) atoms. The zero-order valence-corrected chi connectivity index (χ0v) is 9.71. The highest BCUT2D eigenvalue weighted by Crippen LogP contribution is 2.28. The van der Waals surface area contributed by atoms with Gasteiger partial charge in [0, 0.05) is 17.6 Å². The van der Waals surface area contributed by atoms with E-state index in [9.17, 15) is 0 Å². The summed E-state index contributed by atoms with van der Waals surface area (Å²) in [6, 6.07) is 17.2. The van der Waals surface area contributed by atoms with E-state index in [1.165, 1.54) is 0 Å². The lowest BCUT2D eigenvalue weighted by Gasteiger charge is -2.08. The zero-order valence-electron chi connectivity index (χ0n) is 9.71. The number of hydrogen-bond donors (Lipinski definition) is 1. The number of aromatic nitrogens is 1. The second-order valence-electron chi connectivity index (χ2n) is 4.00. The molecule has 3 heteroatoms. The van der Waals surface area contributed by atoms with Crippen molar-refractivity contribution in [3.63, 3.8) is 0 Å². The Morgan fingerprint density at radius 1 is 0.889 bits per heavy atom. The van der Waals surface area contributed by atoms with Gasteiger partial charge in [0.15, 0.2) is 0 Å². The molecular weight excluding hydrogens is 224 g/mol. The number of nitrogens with two attached hydrogens (primary N) is 1. The number of hydrogen-bond acceptors (Lipinski definition) is 3. The van der Waals surface area contributed by atoms with Gasteiger partial charge in [0.05, 0.1) is 11.2 Å². The van der Waals surface area contributed by atoms with Crippen molar-refractivity contribution in [3.05, 3.63) is 60.8 Å². The SMILES string of the molecule is Nc1cc(Oc2ccccc2)cc2cccnc12. The van der Waals surface area contributed by atoms with Crippen molar-refractivity contribution < 1.29 is 4.74 Å². The third-order valence-electron chi connectivity index (χ3n) is 2.69. The molecule has 0 aliphatic heterocycles. The van der Waals surface area contributed by atoms with Gasteiger partial charge >= 0.3 is 0 Å². The molecule has 1 heterocycles. The maximum Gasteiger partial charge on any atom is 0.130 e. The number of nitrogen functional groups attached to an aromatic ring is 1. The first-order valence-corrected chi connectivity index (χ1v) is 5.70. The van der Waals surface area contributed by atoms with Gasteiger partial charge in [0.25, 0.3) is 0 Å². The van der Waals surface area contributed by atoms with Gasteiger partial charge in [-0.05, 0) is 24.3 Å². The fourth-order valence-corrected chi connectivity index (χ4v) is 1.88. The Morgan fingerprint density at radius 3 is 2.56 bits per heavy atom. The topological polar surface area (TPSA) is 48.1 Å². The molecule has 0 fully saturated rings. The number of nitrogens with zero attached hydrogens (tertiary/aromatic N) is 1. The normalized spacial score (nSPS) is 10.4. The molecule has 88 valence electrons. The molecule has 2 aromatic carbocycles. The van der Waals surface area contributed by atoms with Crippen LogP contribution in [0.25, 0.3) is 10.9 Å². The minimum Gasteiger partial charge on any atom is -0.457 e. The summed E-state index contributed by atoms with van der Waals surface area (Å²) in [5.74, 6) is 1.51. The molecule has 3 rings (SSSR count). The molecule has 1 aromatic heterocycles. The van der Waals surface area contributed by atoms with Crippen LogP contribution in [0.1, 0.15) is 0 Å². The highest BCUT2D eigenvalue weighted by Gasteiger charge is 2.03. The molecule has 3 nitrogen and oxygen atoms in total. The second kappa shape index (κ2) is 4.37. The first kappa shape index (κ1) is 10.6. The van der Waals surface area contributed by atoms with Gasteiger partial charge < -0.3 is 10.5 Å². The minimum absolute atomic E-state index is 0.624. The third kappa shape index (κ3) is 1.98. The number of benzene rings is 2. The summed E-state index contributed by atoms with van der Waals surface area (Å²) in [5.41, 5.74) is 7.40. The summed E-state index contributed by atoms with van der Waals surface area (Å²) in [6.45, 7) is 0. The van der Waals surface area contributed by atoms with Gasteiger partial charge in [-0.25, -0.2) is 0 Å². The number of rotatable bonds is 2. The Hall–Kier alpha value is -2.55. The first-order valence-electron chi connectivity index (χ1n) is 5.70. The van der Waals surface area contributed by atoms with Gasteiger partial charge in [-0.1, -0.05) is 24.3 Å². The van der Waals surface area contributed by atoms with Crippen LogP contribution < -0.4 is 10.5 Å². The van der Waals surface area contributed by atoms with Crippen molar-refractivity contribution in [2.75, 3.05) is 5.73 Å². The van der Waals surface area contributed by atoms with E-state index < -0.39 is 0 Å². The van der Waals surface area contributed by atoms with E-state index in [0.717, 1.165) is 22.4 Å². The van der Waals surface area contributed by atoms with E-state index in [-0.39, 0.29) is 0 Å². The first-order chi connectivity index (χ1) is 8.83. The van der Waals surface area contributed by atoms with E-state index in [2.05, 4.69) is 4.98 Å². The monoisotopic (exact) mass is 236 g/mol. The van der Waals surface area contributed by atoms with Gasteiger partial charge in [0.2, 0.25) is 0 Å². The summed E-state index contributed by atoms with van der Waals surface area (Å²) in [5, 5.41) is 0.975. The van der Waals surface area contributed by atoms with Crippen LogP contribution in [-0.2, 0) is 0 Å². The van der Waals surface area contributed by atoms with Crippen LogP contribution in [0, 0.1) is 0 Å². The molecule has 0 saturated carbocycles. The Balaban J connectivity index is 2.03. The molecule has 0 amide bonds. The van der Waals surface area contributed by atoms with E-state index in [1.807, 2.05) is 48.5 Å². The van der Waals surface area contributed by atoms with Gasteiger partial charge in [-0.3, -0.25) is 4.98 Å². The van der Waals surface area contributed by atoms with Gasteiger partial charge in [-0.15, -0.1) is 0 Å². The molecule has 0 aliphatic rings. The number of pyridine rings is 1. The number of ether oxygens (including phenoxy) is 1. The number of para-hydroxylation sites is 1. The number of fused-ring (bicyclic) bond motifs is 1. The molecular formula is C15H12N2O. The molecule has 0 bridgehead atoms. The second-order valence-corrected chi connectivity index (χ2v) is 4.00. The maximum atomic E-state index is 5.97. The smallest absolute Gasteiger partial charge is 0.130 e. The van der Waals surface area contributed by atoms with Crippen LogP contribution in [-0.4, -0.2) is 4.98 Å². The fourth-order valence-electron chi connectivity index (χ4n) is 1.88. The van der Waals surface area contributed by atoms with Crippen molar-refractivity contribution in [1.29, 1.82) is 0 Å². The lowest BCUT2D eigenvalue weighted by Crippen LogP contribution is -1.91. The molecule has 3 aromatic rings. The Kier molecular flexibility index (Phi) is 2.57. The summed E-state index contributed by atoms with van der Waals surface area (Å²) >= 11 is 0. The van der Waals surface area contributed by atoms with Crippen LogP contribution in [0.15, 0.2) is 60.8 Å². The quantitative estimate of drug-likeness (QED) is 0.691. The van der Waals surface area contributed by atoms with Crippen LogP contribution in [0.2, 0.25) is 0 Å². The standard InChI is InChI=1S/C15H12N2O/c16-14-10-13(18-12-6-2-1-3-7-12)9-11-5-4-8-17-15(11)14/h1-10H,16H2. The van der Waals surface area contributed by atoms with Crippen molar-refractivity contribution in [1.82, 2.24) is 4.98 Å². The van der Waals surface area contributed by atoms with Gasteiger partial charge in [0.1, 0.15) is 11.5 Å². The summed E-state index contributed by atoms with van der Waals surface area (Å²) in [7, 11) is 0. The summed E-state index contributed by atoms with van der Waals surface area (Å²) < 4.78 is 5.76. The highest BCUT2D eigenvalue weighted by molar-refractivity contribution is 5.90. The fraction of sp³-hybridized carbons (Fsp3) is 0. The molecule has 0 atom stereocenters. The predicted octanol–water partition coefficient (Wildman–Crippen LogP) is 3.61. The largest absolute Gasteiger partial charge is 0.457 e. The molecule has 0 radical (unpaired) electrons. The molecule has 0 unspecified atom stereocenters. The van der Waals surface area contributed by atoms with Crippen LogP contribution in [0.3, 0.4) is 0 Å². The summed E-state index contributed by atoms with van der Waals surface area (Å²) in [6.07, 6.45) is 1.73. The Morgan fingerprint density at radius 2 is 1.72 bits per heavy atom. The average Bonchev–Trinajstić information content (AvgIpc) is 2.40. The molecule has 0 saturated heterocycles. The molecule has 0 aliphatic carbocycles. The van der Waals surface area contributed by atoms with Gasteiger partial charge in [-0.2, -0.15) is 0 Å². The average molecular weight is 236 g/mol. The predicted molar refractivity (Wildman–Crippen MR) is 72.7 cm³/mol. The van der Waals surface area contributed by atoms with E-state index in [1.54, 1.807) is 12.3 Å². The van der Waals surface area contributed by atoms with Crippen molar-refractivity contribution in [2.24, 2.45) is 0 Å². The lowest BCUT2D eigenvalue weighted by atomic mass is 10.2.